The van der Waals surface area contributed by atoms with Crippen LogP contribution in [0, 0.1) is 0 Å². The number of pyridine rings is 1. The molecule has 0 unspecified atom stereocenters. The molecule has 0 radical (unpaired) electrons. The summed E-state index contributed by atoms with van der Waals surface area (Å²) in [4.78, 5) is 16.4. The lowest BCUT2D eigenvalue weighted by Crippen LogP contribution is -2.22. The van der Waals surface area contributed by atoms with E-state index in [9.17, 15) is 18.0 Å². The van der Waals surface area contributed by atoms with Crippen LogP contribution < -0.4 is 0 Å². The standard InChI is InChI=1S/C32H41F3N2O3Si/c1-5-40-31(38)18-23-6-8-24(9-7-23)25-10-12-26(13-11-25)29-15-14-27(20-36-29)30-19-28(32(33,34)35)21-37(30)22-39-16-17-41(2,3)4/h6-9,14-15,19-21,25-26H,5,10-13,16-18,22H2,1-4H3. The first-order chi connectivity index (χ1) is 19.4. The van der Waals surface area contributed by atoms with Crippen LogP contribution in [0.25, 0.3) is 11.3 Å². The van der Waals surface area contributed by atoms with Gasteiger partial charge in [-0.3, -0.25) is 9.78 Å². The average Bonchev–Trinajstić information content (AvgIpc) is 3.36. The smallest absolute Gasteiger partial charge is 0.417 e. The highest BCUT2D eigenvalue weighted by Gasteiger charge is 2.33. The maximum Gasteiger partial charge on any atom is 0.417 e. The summed E-state index contributed by atoms with van der Waals surface area (Å²) in [5, 5.41) is 0. The summed E-state index contributed by atoms with van der Waals surface area (Å²) in [5.41, 5.74) is 3.65. The normalized spacial score (nSPS) is 17.9. The summed E-state index contributed by atoms with van der Waals surface area (Å²) >= 11 is 0. The fraction of sp³-hybridized carbons (Fsp3) is 0.500. The number of carbonyl (C=O) groups excluding carboxylic acids is 1. The van der Waals surface area contributed by atoms with E-state index in [2.05, 4.69) is 31.8 Å². The molecule has 1 fully saturated rings. The Labute approximate surface area is 242 Å². The number of hydrogen-bond donors (Lipinski definition) is 0. The third kappa shape index (κ3) is 8.79. The summed E-state index contributed by atoms with van der Waals surface area (Å²) in [6, 6.07) is 14.2. The maximum atomic E-state index is 13.5. The van der Waals surface area contributed by atoms with Crippen LogP contribution in [0.1, 0.15) is 66.8 Å². The molecule has 0 amide bonds. The SMILES string of the molecule is CCOC(=O)Cc1ccc(C2CCC(c3ccc(-c4cc(C(F)(F)F)cn4COCC[Si](C)(C)C)cn3)CC2)cc1. The third-order valence-electron chi connectivity index (χ3n) is 7.78. The van der Waals surface area contributed by atoms with Crippen molar-refractivity contribution in [1.29, 1.82) is 0 Å². The lowest BCUT2D eigenvalue weighted by atomic mass is 9.77. The topological polar surface area (TPSA) is 53.4 Å². The molecule has 9 heteroatoms. The van der Waals surface area contributed by atoms with Crippen molar-refractivity contribution >= 4 is 14.0 Å². The summed E-state index contributed by atoms with van der Waals surface area (Å²) in [6.07, 6.45) is 2.76. The van der Waals surface area contributed by atoms with Gasteiger partial charge in [-0.05, 0) is 73.9 Å². The number of benzene rings is 1. The van der Waals surface area contributed by atoms with Crippen molar-refractivity contribution in [1.82, 2.24) is 9.55 Å². The molecule has 0 saturated heterocycles. The van der Waals surface area contributed by atoms with Gasteiger partial charge in [-0.15, -0.1) is 0 Å². The van der Waals surface area contributed by atoms with E-state index in [0.717, 1.165) is 49.2 Å². The lowest BCUT2D eigenvalue weighted by molar-refractivity contribution is -0.142. The minimum absolute atomic E-state index is 0.0749. The van der Waals surface area contributed by atoms with Crippen LogP contribution in [-0.2, 0) is 33.6 Å². The fourth-order valence-corrected chi connectivity index (χ4v) is 6.12. The molecule has 2 aromatic heterocycles. The van der Waals surface area contributed by atoms with Crippen LogP contribution in [0.15, 0.2) is 54.9 Å². The Bertz CT molecular complexity index is 1270. The van der Waals surface area contributed by atoms with Gasteiger partial charge in [-0.1, -0.05) is 43.9 Å². The van der Waals surface area contributed by atoms with E-state index < -0.39 is 19.8 Å². The van der Waals surface area contributed by atoms with Crippen molar-refractivity contribution < 1.29 is 27.4 Å². The van der Waals surface area contributed by atoms with Gasteiger partial charge < -0.3 is 14.0 Å². The molecule has 0 spiro atoms. The molecule has 0 N–H and O–H groups in total. The van der Waals surface area contributed by atoms with Crippen molar-refractivity contribution in [3.05, 3.63) is 77.2 Å². The molecule has 4 rings (SSSR count). The van der Waals surface area contributed by atoms with Gasteiger partial charge in [0.05, 0.1) is 24.3 Å². The van der Waals surface area contributed by atoms with Crippen LogP contribution >= 0.6 is 0 Å². The Morgan fingerprint density at radius 1 is 1.02 bits per heavy atom. The number of hydrogen-bond acceptors (Lipinski definition) is 4. The molecule has 1 saturated carbocycles. The van der Waals surface area contributed by atoms with Gasteiger partial charge in [0.2, 0.25) is 0 Å². The predicted molar refractivity (Wildman–Crippen MR) is 157 cm³/mol. The van der Waals surface area contributed by atoms with Crippen molar-refractivity contribution in [2.24, 2.45) is 0 Å². The Morgan fingerprint density at radius 2 is 1.71 bits per heavy atom. The fourth-order valence-electron chi connectivity index (χ4n) is 5.36. The van der Waals surface area contributed by atoms with Gasteiger partial charge >= 0.3 is 12.1 Å². The van der Waals surface area contributed by atoms with Gasteiger partial charge in [0.15, 0.2) is 0 Å². The molecule has 0 aliphatic heterocycles. The summed E-state index contributed by atoms with van der Waals surface area (Å²) in [5.74, 6) is 0.581. The van der Waals surface area contributed by atoms with Crippen molar-refractivity contribution in [2.45, 2.75) is 89.5 Å². The van der Waals surface area contributed by atoms with E-state index >= 15 is 0 Å². The number of nitrogens with zero attached hydrogens (tertiary/aromatic N) is 2. The van der Waals surface area contributed by atoms with Crippen LogP contribution in [-0.4, -0.2) is 36.8 Å². The number of carbonyl (C=O) groups is 1. The highest BCUT2D eigenvalue weighted by atomic mass is 28.3. The molecular weight excluding hydrogens is 545 g/mol. The molecule has 1 aliphatic rings. The van der Waals surface area contributed by atoms with Gasteiger partial charge in [0, 0.05) is 44.2 Å². The van der Waals surface area contributed by atoms with Crippen LogP contribution in [0.3, 0.4) is 0 Å². The Hall–Kier alpha value is -2.91. The number of ether oxygens (including phenoxy) is 2. The second kappa shape index (κ2) is 13.4. The summed E-state index contributed by atoms with van der Waals surface area (Å²) in [7, 11) is -1.29. The zero-order valence-electron chi connectivity index (χ0n) is 24.5. The van der Waals surface area contributed by atoms with Crippen LogP contribution in [0.5, 0.6) is 0 Å². The maximum absolute atomic E-state index is 13.5. The lowest BCUT2D eigenvalue weighted by Gasteiger charge is -2.28. The summed E-state index contributed by atoms with van der Waals surface area (Å²) in [6.45, 7) is 9.53. The second-order valence-electron chi connectivity index (χ2n) is 12.2. The number of halogens is 3. The van der Waals surface area contributed by atoms with Crippen LogP contribution in [0.2, 0.25) is 25.7 Å². The van der Waals surface area contributed by atoms with Crippen molar-refractivity contribution in [2.75, 3.05) is 13.2 Å². The molecule has 0 atom stereocenters. The van der Waals surface area contributed by atoms with E-state index in [0.29, 0.717) is 36.3 Å². The molecule has 222 valence electrons. The highest BCUT2D eigenvalue weighted by Crippen LogP contribution is 2.40. The average molecular weight is 587 g/mol. The molecule has 2 heterocycles. The zero-order valence-corrected chi connectivity index (χ0v) is 25.5. The molecule has 1 aromatic carbocycles. The Morgan fingerprint density at radius 3 is 2.29 bits per heavy atom. The van der Waals surface area contributed by atoms with Crippen LogP contribution in [0.4, 0.5) is 13.2 Å². The quantitative estimate of drug-likeness (QED) is 0.129. The monoisotopic (exact) mass is 586 g/mol. The Kier molecular flexibility index (Phi) is 10.1. The van der Waals surface area contributed by atoms with E-state index in [4.69, 9.17) is 14.5 Å². The minimum atomic E-state index is -4.43. The first-order valence-electron chi connectivity index (χ1n) is 14.5. The minimum Gasteiger partial charge on any atom is -0.466 e. The molecule has 0 bridgehead atoms. The molecule has 1 aliphatic carbocycles. The number of esters is 1. The van der Waals surface area contributed by atoms with E-state index in [-0.39, 0.29) is 19.1 Å². The van der Waals surface area contributed by atoms with Crippen molar-refractivity contribution in [3.8, 4) is 11.3 Å². The van der Waals surface area contributed by atoms with Crippen molar-refractivity contribution in [3.63, 3.8) is 0 Å². The predicted octanol–water partition coefficient (Wildman–Crippen LogP) is 8.43. The van der Waals surface area contributed by atoms with Gasteiger partial charge in [0.1, 0.15) is 6.73 Å². The molecule has 5 nitrogen and oxygen atoms in total. The van der Waals surface area contributed by atoms with E-state index in [1.165, 1.54) is 16.2 Å². The van der Waals surface area contributed by atoms with Gasteiger partial charge in [-0.25, -0.2) is 0 Å². The first kappa shape index (κ1) is 31.0. The zero-order chi connectivity index (χ0) is 29.6. The number of alkyl halides is 3. The Balaban J connectivity index is 1.38. The molecule has 3 aromatic rings. The summed E-state index contributed by atoms with van der Waals surface area (Å²) < 4.78 is 52.9. The molecule has 41 heavy (non-hydrogen) atoms. The largest absolute Gasteiger partial charge is 0.466 e. The number of rotatable bonds is 11. The number of aromatic nitrogens is 2. The first-order valence-corrected chi connectivity index (χ1v) is 18.2. The highest BCUT2D eigenvalue weighted by molar-refractivity contribution is 6.76. The van der Waals surface area contributed by atoms with E-state index in [1.54, 1.807) is 13.1 Å². The van der Waals surface area contributed by atoms with Gasteiger partial charge in [-0.2, -0.15) is 13.2 Å². The second-order valence-corrected chi connectivity index (χ2v) is 17.8. The van der Waals surface area contributed by atoms with E-state index in [1.807, 2.05) is 24.3 Å². The van der Waals surface area contributed by atoms with Gasteiger partial charge in [0.25, 0.3) is 0 Å². The molecular formula is C32H41F3N2O3Si. The third-order valence-corrected chi connectivity index (χ3v) is 9.49.